The molecule has 0 amide bonds. The highest BCUT2D eigenvalue weighted by atomic mass is 28.4. The molecule has 0 aromatic rings. The Morgan fingerprint density at radius 1 is 0.531 bits per heavy atom. The topological polar surface area (TPSA) is 47.9 Å². The van der Waals surface area contributed by atoms with Crippen molar-refractivity contribution in [3.8, 4) is 0 Å². The zero-order valence-corrected chi connectivity index (χ0v) is 24.8. The highest BCUT2D eigenvalue weighted by Crippen LogP contribution is 2.36. The van der Waals surface area contributed by atoms with Crippen LogP contribution in [0, 0.1) is 16.2 Å². The molecule has 0 heterocycles. The van der Waals surface area contributed by atoms with Gasteiger partial charge in [0, 0.05) is 0 Å². The summed E-state index contributed by atoms with van der Waals surface area (Å²) in [6, 6.07) is 0. The molecule has 0 fully saturated rings. The van der Waals surface area contributed by atoms with Crippen LogP contribution in [0.1, 0.15) is 141 Å². The third kappa shape index (κ3) is 12.5. The van der Waals surface area contributed by atoms with Crippen molar-refractivity contribution < 1.29 is 18.1 Å². The minimum Gasteiger partial charge on any atom is -0.367 e. The van der Waals surface area contributed by atoms with Crippen molar-refractivity contribution in [1.82, 2.24) is 0 Å². The molecule has 194 valence electrons. The van der Waals surface area contributed by atoms with Crippen LogP contribution in [0.4, 0.5) is 0 Å². The molecular weight excluding hydrogens is 416 g/mol. The monoisotopic (exact) mass is 474 g/mol. The molecule has 0 spiro atoms. The highest BCUT2D eigenvalue weighted by Gasteiger charge is 2.52. The van der Waals surface area contributed by atoms with Crippen LogP contribution >= 0.6 is 0 Å². The molecule has 32 heavy (non-hydrogen) atoms. The molecule has 0 saturated carbocycles. The second-order valence-electron chi connectivity index (χ2n) is 12.9. The Labute approximate surface area is 202 Å². The molecule has 0 aliphatic carbocycles. The van der Waals surface area contributed by atoms with Crippen molar-refractivity contribution in [2.75, 3.05) is 0 Å². The summed E-state index contributed by atoms with van der Waals surface area (Å²) in [7, 11) is -3.92. The first kappa shape index (κ1) is 32.1. The van der Waals surface area contributed by atoms with Gasteiger partial charge >= 0.3 is 9.05 Å². The summed E-state index contributed by atoms with van der Waals surface area (Å²) in [5, 5.41) is 0. The van der Waals surface area contributed by atoms with Gasteiger partial charge in [0.1, 0.15) is 0 Å². The van der Waals surface area contributed by atoms with Gasteiger partial charge < -0.3 is 18.1 Å². The molecule has 0 aliphatic rings. The Balaban J connectivity index is 6.09. The van der Waals surface area contributed by atoms with Crippen LogP contribution in [-0.4, -0.2) is 32.2 Å². The standard InChI is InChI=1S/C27H58O4Si/c1-13-16-19-22(25(4,5)6)29-32(28,30-23(20-17-14-2)26(7,8)9)31-24(21-18-15-3)27(10,11)12/h22-24,28H,13-21H2,1-12H3. The minimum atomic E-state index is -3.92. The van der Waals surface area contributed by atoms with E-state index in [0.717, 1.165) is 57.8 Å². The molecule has 0 aromatic carbocycles. The molecule has 5 heteroatoms. The molecule has 1 N–H and O–H groups in total. The molecule has 0 radical (unpaired) electrons. The van der Waals surface area contributed by atoms with Crippen LogP contribution in [0.5, 0.6) is 0 Å². The first-order valence-electron chi connectivity index (χ1n) is 13.3. The molecule has 0 aromatic heterocycles. The van der Waals surface area contributed by atoms with E-state index in [4.69, 9.17) is 13.3 Å². The van der Waals surface area contributed by atoms with Crippen LogP contribution in [0.25, 0.3) is 0 Å². The van der Waals surface area contributed by atoms with Gasteiger partial charge in [0.05, 0.1) is 18.3 Å². The Morgan fingerprint density at radius 3 is 0.906 bits per heavy atom. The van der Waals surface area contributed by atoms with E-state index in [1.807, 2.05) is 0 Å². The first-order chi connectivity index (χ1) is 14.5. The van der Waals surface area contributed by atoms with E-state index in [-0.39, 0.29) is 34.6 Å². The smallest absolute Gasteiger partial charge is 0.367 e. The van der Waals surface area contributed by atoms with Crippen molar-refractivity contribution in [3.05, 3.63) is 0 Å². The normalized spacial score (nSPS) is 18.3. The molecule has 3 unspecified atom stereocenters. The van der Waals surface area contributed by atoms with E-state index >= 15 is 0 Å². The van der Waals surface area contributed by atoms with Crippen LogP contribution in [0.2, 0.25) is 0 Å². The third-order valence-electron chi connectivity index (χ3n) is 6.23. The molecule has 3 atom stereocenters. The van der Waals surface area contributed by atoms with Gasteiger partial charge in [0.15, 0.2) is 0 Å². The van der Waals surface area contributed by atoms with E-state index in [0.29, 0.717) is 0 Å². The second kappa shape index (κ2) is 13.8. The zero-order valence-electron chi connectivity index (χ0n) is 23.8. The summed E-state index contributed by atoms with van der Waals surface area (Å²) in [6.45, 7) is 26.2. The fourth-order valence-corrected chi connectivity index (χ4v) is 6.46. The predicted molar refractivity (Wildman–Crippen MR) is 140 cm³/mol. The van der Waals surface area contributed by atoms with E-state index in [1.54, 1.807) is 0 Å². The number of hydrogen-bond acceptors (Lipinski definition) is 4. The van der Waals surface area contributed by atoms with Gasteiger partial charge in [0.2, 0.25) is 0 Å². The van der Waals surface area contributed by atoms with Gasteiger partial charge in [0.25, 0.3) is 0 Å². The fraction of sp³-hybridized carbons (Fsp3) is 1.00. The van der Waals surface area contributed by atoms with Gasteiger partial charge in [-0.1, -0.05) is 122 Å². The summed E-state index contributed by atoms with van der Waals surface area (Å²) in [4.78, 5) is 12.0. The lowest BCUT2D eigenvalue weighted by molar-refractivity contribution is -0.125. The molecule has 0 bridgehead atoms. The number of hydrogen-bond donors (Lipinski definition) is 1. The Morgan fingerprint density at radius 2 is 0.750 bits per heavy atom. The van der Waals surface area contributed by atoms with E-state index in [9.17, 15) is 4.80 Å². The van der Waals surface area contributed by atoms with Gasteiger partial charge in [-0.2, -0.15) is 0 Å². The van der Waals surface area contributed by atoms with E-state index in [1.165, 1.54) is 0 Å². The molecule has 0 aliphatic heterocycles. The highest BCUT2D eigenvalue weighted by molar-refractivity contribution is 6.52. The Bertz CT molecular complexity index is 418. The van der Waals surface area contributed by atoms with Crippen LogP contribution in [0.15, 0.2) is 0 Å². The SMILES string of the molecule is CCCCC(O[Si](O)(OC(CCCC)C(C)(C)C)OC(CCCC)C(C)(C)C)C(C)(C)C. The van der Waals surface area contributed by atoms with Crippen molar-refractivity contribution in [3.63, 3.8) is 0 Å². The lowest BCUT2D eigenvalue weighted by Crippen LogP contribution is -2.57. The van der Waals surface area contributed by atoms with Crippen LogP contribution in [0.3, 0.4) is 0 Å². The van der Waals surface area contributed by atoms with Crippen molar-refractivity contribution in [2.24, 2.45) is 16.2 Å². The number of unbranched alkanes of at least 4 members (excludes halogenated alkanes) is 3. The van der Waals surface area contributed by atoms with Crippen molar-refractivity contribution in [2.45, 2.75) is 159 Å². The Hall–Kier alpha value is 0.0569. The molecule has 0 saturated heterocycles. The van der Waals surface area contributed by atoms with Crippen LogP contribution < -0.4 is 0 Å². The molecule has 4 nitrogen and oxygen atoms in total. The maximum atomic E-state index is 12.0. The molecule has 0 rings (SSSR count). The average Bonchev–Trinajstić information content (AvgIpc) is 2.63. The lowest BCUT2D eigenvalue weighted by Gasteiger charge is -2.42. The Kier molecular flexibility index (Phi) is 13.8. The number of rotatable bonds is 15. The van der Waals surface area contributed by atoms with Gasteiger partial charge in [-0.3, -0.25) is 0 Å². The van der Waals surface area contributed by atoms with E-state index in [2.05, 4.69) is 83.1 Å². The maximum Gasteiger partial charge on any atom is 0.677 e. The lowest BCUT2D eigenvalue weighted by atomic mass is 9.86. The third-order valence-corrected chi connectivity index (χ3v) is 7.98. The molecular formula is C27H58O4Si. The second-order valence-corrected chi connectivity index (χ2v) is 14.6. The summed E-state index contributed by atoms with van der Waals surface area (Å²) >= 11 is 0. The van der Waals surface area contributed by atoms with Crippen LogP contribution in [-0.2, 0) is 13.3 Å². The summed E-state index contributed by atoms with van der Waals surface area (Å²) < 4.78 is 19.7. The zero-order chi connectivity index (χ0) is 25.2. The quantitative estimate of drug-likeness (QED) is 0.243. The summed E-state index contributed by atoms with van der Waals surface area (Å²) in [5.41, 5.74) is -0.321. The maximum absolute atomic E-state index is 12.0. The fourth-order valence-electron chi connectivity index (χ4n) is 3.80. The van der Waals surface area contributed by atoms with E-state index < -0.39 is 9.05 Å². The first-order valence-corrected chi connectivity index (χ1v) is 14.9. The van der Waals surface area contributed by atoms with Crippen molar-refractivity contribution in [1.29, 1.82) is 0 Å². The minimum absolute atomic E-state index is 0.107. The van der Waals surface area contributed by atoms with Gasteiger partial charge in [-0.05, 0) is 35.5 Å². The summed E-state index contributed by atoms with van der Waals surface area (Å²) in [5.74, 6) is 0. The predicted octanol–water partition coefficient (Wildman–Crippen LogP) is 8.28. The van der Waals surface area contributed by atoms with Gasteiger partial charge in [-0.25, -0.2) is 0 Å². The average molecular weight is 475 g/mol. The van der Waals surface area contributed by atoms with Crippen molar-refractivity contribution >= 4 is 9.05 Å². The largest absolute Gasteiger partial charge is 0.677 e. The summed E-state index contributed by atoms with van der Waals surface area (Å²) in [6.07, 6.45) is 8.81. The van der Waals surface area contributed by atoms with Gasteiger partial charge in [-0.15, -0.1) is 0 Å².